The first kappa shape index (κ1) is 89.0. The van der Waals surface area contributed by atoms with Crippen molar-refractivity contribution in [1.82, 2.24) is 0 Å². The molecule has 8 heteroatoms. The van der Waals surface area contributed by atoms with Gasteiger partial charge in [0.25, 0.3) is 23.6 Å². The lowest BCUT2D eigenvalue weighted by molar-refractivity contribution is 0.101. The van der Waals surface area contributed by atoms with Crippen LogP contribution in [-0.4, -0.2) is 23.6 Å². The van der Waals surface area contributed by atoms with E-state index in [-0.39, 0.29) is 23.6 Å². The Labute approximate surface area is 782 Å². The van der Waals surface area contributed by atoms with Crippen LogP contribution in [0.3, 0.4) is 0 Å². The number of hydrogen-bond donors (Lipinski definition) is 4. The molecule has 4 amide bonds. The van der Waals surface area contributed by atoms with Gasteiger partial charge in [0, 0.05) is 134 Å². The number of nitrogens with one attached hydrogen (secondary N) is 4. The van der Waals surface area contributed by atoms with Crippen LogP contribution in [0.1, 0.15) is 175 Å². The van der Waals surface area contributed by atoms with Crippen LogP contribution < -0.4 is 21.3 Å². The van der Waals surface area contributed by atoms with E-state index in [1.54, 1.807) is 97.1 Å². The van der Waals surface area contributed by atoms with Gasteiger partial charge in [-0.2, -0.15) is 0 Å². The minimum atomic E-state index is -1.10. The van der Waals surface area contributed by atoms with Gasteiger partial charge in [0.2, 0.25) is 0 Å². The topological polar surface area (TPSA) is 116 Å². The molecule has 4 N–H and O–H groups in total. The molecule has 0 saturated carbocycles. The summed E-state index contributed by atoms with van der Waals surface area (Å²) in [4.78, 5) is 53.7. The molecule has 8 nitrogen and oxygen atoms in total. The molecule has 624 valence electrons. The molecule has 0 fully saturated rings. The van der Waals surface area contributed by atoms with Crippen LogP contribution in [0, 0.1) is 146 Å². The minimum Gasteiger partial charge on any atom is -0.322 e. The summed E-state index contributed by atoms with van der Waals surface area (Å²) >= 11 is 0. The van der Waals surface area contributed by atoms with Gasteiger partial charge in [-0.05, 0) is 287 Å². The van der Waals surface area contributed by atoms with Gasteiger partial charge in [0.05, 0.1) is 10.8 Å². The fourth-order valence-electron chi connectivity index (χ4n) is 15.6. The molecule has 16 aromatic rings. The van der Waals surface area contributed by atoms with Crippen molar-refractivity contribution in [2.75, 3.05) is 21.3 Å². The van der Waals surface area contributed by atoms with Gasteiger partial charge < -0.3 is 21.3 Å². The molecule has 0 spiro atoms. The highest BCUT2D eigenvalue weighted by Gasteiger charge is 2.41. The molecule has 0 radical (unpaired) electrons. The number of terminal acetylenes is 8. The second-order valence-corrected chi connectivity index (χ2v) is 30.7. The Morgan fingerprint density at radius 2 is 0.306 bits per heavy atom. The van der Waals surface area contributed by atoms with Crippen molar-refractivity contribution >= 4 is 46.4 Å². The van der Waals surface area contributed by atoms with Crippen molar-refractivity contribution in [3.8, 4) is 146 Å². The quantitative estimate of drug-likeness (QED) is 0.0570. The monoisotopic (exact) mass is 1710 g/mol. The Bertz CT molecular complexity index is 6940. The smallest absolute Gasteiger partial charge is 0.255 e. The second kappa shape index (κ2) is 41.9. The molecule has 0 aliphatic heterocycles. The number of rotatable bonds is 16. The van der Waals surface area contributed by atoms with E-state index in [4.69, 9.17) is 51.4 Å². The molecule has 0 saturated heterocycles. The van der Waals surface area contributed by atoms with E-state index < -0.39 is 10.8 Å². The molecule has 0 bridgehead atoms. The summed E-state index contributed by atoms with van der Waals surface area (Å²) in [6.07, 6.45) is 45.1. The van der Waals surface area contributed by atoms with E-state index >= 15 is 0 Å². The highest BCUT2D eigenvalue weighted by Crippen LogP contribution is 2.48. The Kier molecular flexibility index (Phi) is 27.8. The summed E-state index contributed by atoms with van der Waals surface area (Å²) in [7, 11) is 0. The number of amides is 4. The van der Waals surface area contributed by atoms with Crippen molar-refractivity contribution in [2.24, 2.45) is 0 Å². The summed E-state index contributed by atoms with van der Waals surface area (Å²) < 4.78 is 0. The van der Waals surface area contributed by atoms with Gasteiger partial charge >= 0.3 is 0 Å². The summed E-state index contributed by atoms with van der Waals surface area (Å²) in [6, 6.07) is 122. The van der Waals surface area contributed by atoms with Crippen molar-refractivity contribution in [3.05, 3.63) is 544 Å². The largest absolute Gasteiger partial charge is 0.322 e. The lowest BCUT2D eigenvalue weighted by Gasteiger charge is -2.37. The maximum Gasteiger partial charge on any atom is 0.255 e. The zero-order chi connectivity index (χ0) is 93.2. The van der Waals surface area contributed by atoms with Crippen LogP contribution in [-0.2, 0) is 10.8 Å². The van der Waals surface area contributed by atoms with E-state index in [1.165, 1.54) is 0 Å². The van der Waals surface area contributed by atoms with Crippen molar-refractivity contribution in [2.45, 2.75) is 10.8 Å². The van der Waals surface area contributed by atoms with Crippen LogP contribution in [0.15, 0.2) is 388 Å². The van der Waals surface area contributed by atoms with E-state index in [0.717, 1.165) is 111 Å². The molecule has 0 aliphatic rings. The average molecular weight is 1710 g/mol. The highest BCUT2D eigenvalue weighted by molar-refractivity contribution is 6.07. The summed E-state index contributed by atoms with van der Waals surface area (Å²) in [6.45, 7) is 0. The molecule has 0 aliphatic carbocycles. The maximum absolute atomic E-state index is 13.4. The first-order valence-electron chi connectivity index (χ1n) is 42.3. The first-order valence-corrected chi connectivity index (χ1v) is 42.3. The lowest BCUT2D eigenvalue weighted by Crippen LogP contribution is -2.31. The SMILES string of the molecule is C#Cc1cccc(C#Cc2ccc(C(c3ccc(C#Cc4cccc(C#C)c4)cc3)(c3ccc(C#Cc4cccc(C#C)c4)cc3)c3ccc(C#Cc4cccc(C#C)c4)cc3)cc2)c1.C#Cc1cccc(C(=O)Nc2ccc(C(c3ccc(NC(=O)c4cccc(C#C)c4)cc3)(c3ccc(NC(=O)c4cccc(C#C)c4)cc3)c3ccc(NC(=O)c4cccc(C#C)c4)cc3)cc2)c1. The highest BCUT2D eigenvalue weighted by atomic mass is 16.2. The number of hydrogen-bond acceptors (Lipinski definition) is 4. The Morgan fingerprint density at radius 1 is 0.164 bits per heavy atom. The number of carbonyl (C=O) groups excluding carboxylic acids is 4. The Morgan fingerprint density at radius 3 is 0.478 bits per heavy atom. The third-order valence-electron chi connectivity index (χ3n) is 22.3. The Hall–Kier alpha value is -19.9. The van der Waals surface area contributed by atoms with E-state index in [0.29, 0.717) is 67.3 Å². The third-order valence-corrected chi connectivity index (χ3v) is 22.3. The molecular weight excluding hydrogens is 1630 g/mol. The average Bonchev–Trinajstić information content (AvgIpc) is 0.716. The van der Waals surface area contributed by atoms with Gasteiger partial charge in [-0.3, -0.25) is 19.2 Å². The van der Waals surface area contributed by atoms with Gasteiger partial charge in [0.15, 0.2) is 0 Å². The molecule has 16 aromatic carbocycles. The number of anilines is 4. The predicted molar refractivity (Wildman–Crippen MR) is 540 cm³/mol. The fraction of sp³-hybridized carbons (Fsp3) is 0.0159. The van der Waals surface area contributed by atoms with Gasteiger partial charge in [-0.25, -0.2) is 0 Å². The summed E-state index contributed by atoms with van der Waals surface area (Å²) in [5.74, 6) is 46.2. The zero-order valence-electron chi connectivity index (χ0n) is 72.2. The standard InChI is InChI=1S/C65H36.C61H40N4O4/c1-5-49-13-9-17-57(45-49)25-21-53-29-37-61(38-30-53)65(62-39-31-54(32-40-62)22-26-58-18-10-14-50(6-2)46-58,63-41-33-55(34-42-63)23-27-59-19-11-15-51(7-3)47-59)64-43-35-56(36-44-64)24-28-60-20-12-16-52(8-4)48-60;1-5-41-13-9-17-45(37-41)57(66)62-53-29-21-49(22-30-53)61(50-23-31-54(32-24-50)63-58(67)46-18-10-14-42(6-2)38-46,51-25-33-55(34-26-51)64-59(68)47-19-11-15-43(7-3)39-47)52-27-35-56(36-28-52)65-60(69)48-20-12-16-44(8-4)40-48/h1-4,9-20,29-48H;1-4,9-40H,(H,62,66)(H,63,67)(H,64,68)(H,65,69). The van der Waals surface area contributed by atoms with Crippen LogP contribution >= 0.6 is 0 Å². The van der Waals surface area contributed by atoms with Gasteiger partial charge in [-0.15, -0.1) is 51.4 Å². The van der Waals surface area contributed by atoms with Crippen molar-refractivity contribution in [3.63, 3.8) is 0 Å². The summed E-state index contributed by atoms with van der Waals surface area (Å²) in [5.41, 5.74) is 21.6. The normalized spacial score (nSPS) is 10.2. The van der Waals surface area contributed by atoms with E-state index in [9.17, 15) is 19.2 Å². The molecule has 0 heterocycles. The molecule has 0 atom stereocenters. The minimum absolute atomic E-state index is 0.331. The maximum atomic E-state index is 13.4. The van der Waals surface area contributed by atoms with E-state index in [2.05, 4.69) is 213 Å². The second-order valence-electron chi connectivity index (χ2n) is 30.7. The Balaban J connectivity index is 0.000000205. The van der Waals surface area contributed by atoms with Crippen LogP contribution in [0.25, 0.3) is 0 Å². The van der Waals surface area contributed by atoms with Crippen LogP contribution in [0.5, 0.6) is 0 Å². The van der Waals surface area contributed by atoms with Gasteiger partial charge in [-0.1, -0.05) is 240 Å². The fourth-order valence-corrected chi connectivity index (χ4v) is 15.6. The molecule has 0 unspecified atom stereocenters. The summed E-state index contributed by atoms with van der Waals surface area (Å²) in [5, 5.41) is 11.9. The van der Waals surface area contributed by atoms with Crippen LogP contribution in [0.4, 0.5) is 22.7 Å². The third kappa shape index (κ3) is 21.1. The van der Waals surface area contributed by atoms with Crippen molar-refractivity contribution < 1.29 is 19.2 Å². The number of benzene rings is 16. The first-order chi connectivity index (χ1) is 65.5. The molecular formula is C126H76N4O4. The van der Waals surface area contributed by atoms with Gasteiger partial charge in [0.1, 0.15) is 0 Å². The lowest BCUT2D eigenvalue weighted by atomic mass is 9.65. The molecule has 134 heavy (non-hydrogen) atoms. The predicted octanol–water partition coefficient (Wildman–Crippen LogP) is 22.6. The molecule has 16 rings (SSSR count). The van der Waals surface area contributed by atoms with Crippen molar-refractivity contribution in [1.29, 1.82) is 0 Å². The number of carbonyl (C=O) groups is 4. The zero-order valence-corrected chi connectivity index (χ0v) is 72.2. The van der Waals surface area contributed by atoms with Crippen LogP contribution in [0.2, 0.25) is 0 Å². The molecule has 0 aromatic heterocycles. The van der Waals surface area contributed by atoms with E-state index in [1.807, 2.05) is 194 Å².